The number of carbonyl (C=O) groups excluding carboxylic acids is 2. The van der Waals surface area contributed by atoms with Gasteiger partial charge in [-0.2, -0.15) is 9.13 Å². The Balaban J connectivity index is 0.00000241. The van der Waals surface area contributed by atoms with Gasteiger partial charge in [0.15, 0.2) is 24.8 Å². The molecule has 4 rings (SSSR count). The average Bonchev–Trinajstić information content (AvgIpc) is 2.89. The monoisotopic (exact) mass is 627 g/mol. The Hall–Kier alpha value is -3.76. The fraction of sp³-hybridized carbons (Fsp3) is 0.111. The van der Waals surface area contributed by atoms with E-state index in [4.69, 9.17) is 4.74 Å². The number of benzene rings is 2. The van der Waals surface area contributed by atoms with Gasteiger partial charge in [-0.1, -0.05) is 0 Å². The molecule has 8 nitrogen and oxygen atoms in total. The molecule has 0 atom stereocenters. The predicted molar refractivity (Wildman–Crippen MR) is 127 cm³/mol. The third-order valence-electron chi connectivity index (χ3n) is 5.58. The second kappa shape index (κ2) is 13.5. The van der Waals surface area contributed by atoms with Crippen LogP contribution in [0.4, 0.5) is 5.69 Å². The van der Waals surface area contributed by atoms with Crippen molar-refractivity contribution in [2.75, 3.05) is 7.11 Å². The first-order chi connectivity index (χ1) is 16.9. The summed E-state index contributed by atoms with van der Waals surface area (Å²) < 4.78 is 8.70. The SMILES string of the molecule is COc1ccc(C(=O)C[n+]2ccc(-c3cc[n+](CC(=O)c4ccc([N+](=O)[O-])cc4)cc3)cc2)cc1.[Br-].[Br-]. The molecule has 37 heavy (non-hydrogen) atoms. The highest BCUT2D eigenvalue weighted by molar-refractivity contribution is 5.95. The number of nitro groups is 1. The number of nitrogens with zero attached hydrogens (tertiary/aromatic N) is 3. The number of non-ortho nitro benzene ring substituents is 1. The van der Waals surface area contributed by atoms with Crippen LogP contribution in [-0.2, 0) is 13.1 Å². The van der Waals surface area contributed by atoms with Gasteiger partial charge in [-0.25, -0.2) is 0 Å². The quantitative estimate of drug-likeness (QED) is 0.0894. The molecule has 2 heterocycles. The Morgan fingerprint density at radius 1 is 0.703 bits per heavy atom. The van der Waals surface area contributed by atoms with E-state index in [2.05, 4.69) is 0 Å². The summed E-state index contributed by atoms with van der Waals surface area (Å²) in [4.78, 5) is 35.3. The first kappa shape index (κ1) is 29.5. The molecule has 0 N–H and O–H groups in total. The Labute approximate surface area is 234 Å². The van der Waals surface area contributed by atoms with Gasteiger partial charge in [-0.05, 0) is 47.5 Å². The normalized spacial score (nSPS) is 9.97. The molecule has 0 radical (unpaired) electrons. The summed E-state index contributed by atoms with van der Waals surface area (Å²) in [5.41, 5.74) is 2.94. The molecule has 2 aromatic heterocycles. The summed E-state index contributed by atoms with van der Waals surface area (Å²) in [6.45, 7) is 0.354. The van der Waals surface area contributed by atoms with Crippen LogP contribution in [0.1, 0.15) is 20.7 Å². The number of hydrogen-bond donors (Lipinski definition) is 0. The number of ketones is 2. The molecule has 0 saturated heterocycles. The summed E-state index contributed by atoms with van der Waals surface area (Å²) in [5.74, 6) is 0.572. The molecule has 190 valence electrons. The van der Waals surface area contributed by atoms with Crippen LogP contribution in [0, 0.1) is 10.1 Å². The van der Waals surface area contributed by atoms with Crippen molar-refractivity contribution in [1.82, 2.24) is 0 Å². The first-order valence-electron chi connectivity index (χ1n) is 10.9. The number of methoxy groups -OCH3 is 1. The summed E-state index contributed by atoms with van der Waals surface area (Å²) >= 11 is 0. The van der Waals surface area contributed by atoms with Crippen LogP contribution in [0.5, 0.6) is 5.75 Å². The molecular weight excluding hydrogens is 606 g/mol. The number of rotatable bonds is 9. The molecule has 0 aliphatic carbocycles. The summed E-state index contributed by atoms with van der Waals surface area (Å²) in [5, 5.41) is 10.8. The van der Waals surface area contributed by atoms with E-state index in [-0.39, 0.29) is 64.3 Å². The van der Waals surface area contributed by atoms with Gasteiger partial charge in [-0.15, -0.1) is 0 Å². The van der Waals surface area contributed by atoms with E-state index in [1.54, 1.807) is 35.9 Å². The smallest absolute Gasteiger partial charge is 0.269 e. The number of hydrogen-bond acceptors (Lipinski definition) is 5. The standard InChI is InChI=1S/C27H23N3O5.2BrH/c1-35-25-8-4-23(5-9-25)27(32)19-29-16-12-21(13-17-29)20-10-14-28(15-11-20)18-26(31)22-2-6-24(7-3-22)30(33)34;;/h2-17H,18-19H2,1H3;2*1H/q+2;;/p-2. The molecule has 0 saturated carbocycles. The largest absolute Gasteiger partial charge is 1.00 e. The Morgan fingerprint density at radius 3 is 1.43 bits per heavy atom. The van der Waals surface area contributed by atoms with Gasteiger partial charge >= 0.3 is 0 Å². The molecule has 10 heteroatoms. The fourth-order valence-corrected chi connectivity index (χ4v) is 3.57. The Kier molecular flexibility index (Phi) is 10.8. The van der Waals surface area contributed by atoms with Crippen molar-refractivity contribution in [2.45, 2.75) is 13.1 Å². The summed E-state index contributed by atoms with van der Waals surface area (Å²) in [7, 11) is 1.59. The molecular formula is C27H23Br2N3O5. The number of carbonyl (C=O) groups is 2. The summed E-state index contributed by atoms with van der Waals surface area (Å²) in [6.07, 6.45) is 7.34. The highest BCUT2D eigenvalue weighted by Gasteiger charge is 2.15. The van der Waals surface area contributed by atoms with Crippen molar-refractivity contribution < 1.29 is 62.3 Å². The van der Waals surface area contributed by atoms with Crippen molar-refractivity contribution in [1.29, 1.82) is 0 Å². The maximum absolute atomic E-state index is 12.5. The Bertz CT molecular complexity index is 1360. The van der Waals surface area contributed by atoms with Crippen LogP contribution in [0.25, 0.3) is 11.1 Å². The number of pyridine rings is 2. The maximum Gasteiger partial charge on any atom is 0.269 e. The lowest BCUT2D eigenvalue weighted by Gasteiger charge is -2.03. The third-order valence-corrected chi connectivity index (χ3v) is 5.58. The fourth-order valence-electron chi connectivity index (χ4n) is 3.57. The zero-order valence-electron chi connectivity index (χ0n) is 19.8. The minimum Gasteiger partial charge on any atom is -1.00 e. The highest BCUT2D eigenvalue weighted by atomic mass is 79.9. The van der Waals surface area contributed by atoms with Crippen molar-refractivity contribution in [3.05, 3.63) is 119 Å². The minimum atomic E-state index is -0.494. The number of aromatic nitrogens is 2. The van der Waals surface area contributed by atoms with E-state index in [9.17, 15) is 19.7 Å². The molecule has 0 fully saturated rings. The second-order valence-corrected chi connectivity index (χ2v) is 7.90. The molecule has 0 spiro atoms. The van der Waals surface area contributed by atoms with Gasteiger partial charge in [0.25, 0.3) is 5.69 Å². The summed E-state index contributed by atoms with van der Waals surface area (Å²) in [6, 6.07) is 20.3. The van der Waals surface area contributed by atoms with Crippen LogP contribution in [-0.4, -0.2) is 23.6 Å². The Morgan fingerprint density at radius 2 is 1.08 bits per heavy atom. The highest BCUT2D eigenvalue weighted by Crippen LogP contribution is 2.16. The molecule has 0 amide bonds. The van der Waals surface area contributed by atoms with Crippen molar-refractivity contribution in [3.8, 4) is 16.9 Å². The van der Waals surface area contributed by atoms with Gasteiger partial charge < -0.3 is 38.7 Å². The lowest BCUT2D eigenvalue weighted by molar-refractivity contribution is -0.683. The molecule has 2 aromatic carbocycles. The molecule has 0 bridgehead atoms. The maximum atomic E-state index is 12.5. The molecule has 0 aliphatic heterocycles. The van der Waals surface area contributed by atoms with Crippen LogP contribution in [0.2, 0.25) is 0 Å². The zero-order valence-corrected chi connectivity index (χ0v) is 23.0. The van der Waals surface area contributed by atoms with Crippen molar-refractivity contribution in [3.63, 3.8) is 0 Å². The van der Waals surface area contributed by atoms with E-state index in [1.165, 1.54) is 24.3 Å². The number of ether oxygens (including phenoxy) is 1. The van der Waals surface area contributed by atoms with E-state index >= 15 is 0 Å². The van der Waals surface area contributed by atoms with Crippen LogP contribution >= 0.6 is 0 Å². The minimum absolute atomic E-state index is 0. The average molecular weight is 629 g/mol. The topological polar surface area (TPSA) is 94.3 Å². The lowest BCUT2D eigenvalue weighted by Crippen LogP contribution is -3.00. The lowest BCUT2D eigenvalue weighted by atomic mass is 10.1. The van der Waals surface area contributed by atoms with Crippen LogP contribution in [0.15, 0.2) is 97.6 Å². The predicted octanol–water partition coefficient (Wildman–Crippen LogP) is -2.38. The van der Waals surface area contributed by atoms with Gasteiger partial charge in [0.1, 0.15) is 5.75 Å². The van der Waals surface area contributed by atoms with Gasteiger partial charge in [0.05, 0.1) is 12.0 Å². The number of halogens is 2. The van der Waals surface area contributed by atoms with E-state index in [0.717, 1.165) is 11.1 Å². The second-order valence-electron chi connectivity index (χ2n) is 7.90. The number of Topliss-reactive ketones (excluding diaryl/α,β-unsaturated/α-hetero) is 2. The molecule has 0 unspecified atom stereocenters. The van der Waals surface area contributed by atoms with Crippen LogP contribution in [0.3, 0.4) is 0 Å². The first-order valence-corrected chi connectivity index (χ1v) is 10.9. The number of nitro benzene ring substituents is 1. The van der Waals surface area contributed by atoms with E-state index in [0.29, 0.717) is 16.9 Å². The van der Waals surface area contributed by atoms with Gasteiger partial charge in [0, 0.05) is 47.5 Å². The van der Waals surface area contributed by atoms with E-state index in [1.807, 2.05) is 53.6 Å². The third kappa shape index (κ3) is 7.61. The van der Waals surface area contributed by atoms with Gasteiger partial charge in [0.2, 0.25) is 24.7 Å². The molecule has 4 aromatic rings. The van der Waals surface area contributed by atoms with E-state index < -0.39 is 4.92 Å². The van der Waals surface area contributed by atoms with Gasteiger partial charge in [-0.3, -0.25) is 19.7 Å². The van der Waals surface area contributed by atoms with Crippen molar-refractivity contribution in [2.24, 2.45) is 0 Å². The van der Waals surface area contributed by atoms with Crippen molar-refractivity contribution >= 4 is 17.3 Å². The van der Waals surface area contributed by atoms with Crippen LogP contribution < -0.4 is 47.8 Å². The zero-order chi connectivity index (χ0) is 24.8. The molecule has 0 aliphatic rings.